The third-order valence-corrected chi connectivity index (χ3v) is 3.72. The van der Waals surface area contributed by atoms with Crippen LogP contribution in [0.3, 0.4) is 0 Å². The normalized spacial score (nSPS) is 16.1. The minimum atomic E-state index is -1.29. The van der Waals surface area contributed by atoms with E-state index in [0.29, 0.717) is 6.42 Å². The first kappa shape index (κ1) is 14.6. The Morgan fingerprint density at radius 2 is 1.70 bits per heavy atom. The summed E-state index contributed by atoms with van der Waals surface area (Å²) in [5.41, 5.74) is 0.476. The molecule has 0 aliphatic heterocycles. The van der Waals surface area contributed by atoms with Crippen LogP contribution < -0.4 is 0 Å². The lowest BCUT2D eigenvalue weighted by Gasteiger charge is -2.34. The second kappa shape index (κ2) is 6.07. The van der Waals surface area contributed by atoms with E-state index >= 15 is 0 Å². The topological polar surface area (TPSA) is 52.6 Å². The highest BCUT2D eigenvalue weighted by molar-refractivity contribution is 6.07. The minimum Gasteiger partial charge on any atom is -0.465 e. The van der Waals surface area contributed by atoms with Crippen LogP contribution in [0.15, 0.2) is 24.3 Å². The smallest absolute Gasteiger partial charge is 0.328 e. The molecule has 0 saturated heterocycles. The van der Waals surface area contributed by atoms with Gasteiger partial charge >= 0.3 is 11.9 Å². The van der Waals surface area contributed by atoms with E-state index in [1.807, 2.05) is 24.3 Å². The van der Waals surface area contributed by atoms with Crippen LogP contribution in [0.1, 0.15) is 37.8 Å². The lowest BCUT2D eigenvalue weighted by atomic mass is 9.70. The number of hydrogen-bond acceptors (Lipinski definition) is 4. The van der Waals surface area contributed by atoms with Crippen molar-refractivity contribution in [2.24, 2.45) is 0 Å². The van der Waals surface area contributed by atoms with Gasteiger partial charge in [0.1, 0.15) is 0 Å². The number of fused-ring (bicyclic) bond motifs is 1. The molecule has 0 unspecified atom stereocenters. The van der Waals surface area contributed by atoms with E-state index in [-0.39, 0.29) is 13.2 Å². The average Bonchev–Trinajstić information content (AvgIpc) is 2.47. The summed E-state index contributed by atoms with van der Waals surface area (Å²) in [6.45, 7) is 3.99. The van der Waals surface area contributed by atoms with Crippen molar-refractivity contribution < 1.29 is 19.1 Å². The van der Waals surface area contributed by atoms with E-state index in [0.717, 1.165) is 24.0 Å². The van der Waals surface area contributed by atoms with Gasteiger partial charge < -0.3 is 9.47 Å². The van der Waals surface area contributed by atoms with Gasteiger partial charge in [0.2, 0.25) is 0 Å². The molecule has 1 aromatic carbocycles. The van der Waals surface area contributed by atoms with Crippen LogP contribution in [-0.2, 0) is 30.9 Å². The Labute approximate surface area is 119 Å². The molecule has 2 rings (SSSR count). The fourth-order valence-corrected chi connectivity index (χ4v) is 2.85. The molecule has 1 aromatic rings. The van der Waals surface area contributed by atoms with Crippen molar-refractivity contribution in [1.29, 1.82) is 0 Å². The molecule has 0 atom stereocenters. The Morgan fingerprint density at radius 1 is 1.10 bits per heavy atom. The molecule has 0 bridgehead atoms. The van der Waals surface area contributed by atoms with Crippen LogP contribution in [0.5, 0.6) is 0 Å². The van der Waals surface area contributed by atoms with Gasteiger partial charge in [0, 0.05) is 0 Å². The highest BCUT2D eigenvalue weighted by Crippen LogP contribution is 2.39. The zero-order chi connectivity index (χ0) is 14.6. The first-order valence-electron chi connectivity index (χ1n) is 7.09. The third kappa shape index (κ3) is 2.30. The molecule has 0 heterocycles. The number of carbonyl (C=O) groups is 2. The summed E-state index contributed by atoms with van der Waals surface area (Å²) in [5, 5.41) is 0. The molecule has 4 nitrogen and oxygen atoms in total. The molecule has 0 aromatic heterocycles. The average molecular weight is 276 g/mol. The third-order valence-electron chi connectivity index (χ3n) is 3.72. The van der Waals surface area contributed by atoms with Gasteiger partial charge in [0.15, 0.2) is 5.41 Å². The molecule has 108 valence electrons. The fourth-order valence-electron chi connectivity index (χ4n) is 2.85. The molecule has 0 spiro atoms. The van der Waals surface area contributed by atoms with Crippen LogP contribution in [0, 0.1) is 0 Å². The predicted molar refractivity (Wildman–Crippen MR) is 74.3 cm³/mol. The second-order valence-corrected chi connectivity index (χ2v) is 4.86. The summed E-state index contributed by atoms with van der Waals surface area (Å²) >= 11 is 0. The van der Waals surface area contributed by atoms with Crippen LogP contribution in [0.2, 0.25) is 0 Å². The fraction of sp³-hybridized carbons (Fsp3) is 0.500. The van der Waals surface area contributed by atoms with Gasteiger partial charge in [0.25, 0.3) is 0 Å². The summed E-state index contributed by atoms with van der Waals surface area (Å²) in [6.07, 6.45) is 2.09. The standard InChI is InChI=1S/C16H20O4/c1-3-19-14(17)16(15(18)20-4-2)11-7-9-12-8-5-6-10-13(12)16/h5-6,8,10H,3-4,7,9,11H2,1-2H3. The molecular weight excluding hydrogens is 256 g/mol. The molecule has 0 radical (unpaired) electrons. The zero-order valence-corrected chi connectivity index (χ0v) is 12.0. The predicted octanol–water partition coefficient (Wildman–Crippen LogP) is 2.39. The van der Waals surface area contributed by atoms with Crippen molar-refractivity contribution in [2.45, 2.75) is 38.5 Å². The number of benzene rings is 1. The number of carbonyl (C=O) groups excluding carboxylic acids is 2. The van der Waals surface area contributed by atoms with Crippen molar-refractivity contribution >= 4 is 11.9 Å². The van der Waals surface area contributed by atoms with E-state index in [1.54, 1.807) is 13.8 Å². The highest BCUT2D eigenvalue weighted by Gasteiger charge is 2.52. The Hall–Kier alpha value is -1.84. The van der Waals surface area contributed by atoms with Gasteiger partial charge in [-0.2, -0.15) is 0 Å². The molecule has 20 heavy (non-hydrogen) atoms. The zero-order valence-electron chi connectivity index (χ0n) is 12.0. The van der Waals surface area contributed by atoms with Gasteiger partial charge in [-0.05, 0) is 44.2 Å². The summed E-state index contributed by atoms with van der Waals surface area (Å²) in [4.78, 5) is 25.0. The number of hydrogen-bond donors (Lipinski definition) is 0. The van der Waals surface area contributed by atoms with Crippen molar-refractivity contribution in [3.8, 4) is 0 Å². The highest BCUT2D eigenvalue weighted by atomic mass is 16.6. The Bertz CT molecular complexity index is 489. The van der Waals surface area contributed by atoms with Gasteiger partial charge in [0.05, 0.1) is 13.2 Å². The first-order valence-corrected chi connectivity index (χ1v) is 7.09. The van der Waals surface area contributed by atoms with Gasteiger partial charge in [-0.25, -0.2) is 0 Å². The van der Waals surface area contributed by atoms with E-state index < -0.39 is 17.4 Å². The Kier molecular flexibility index (Phi) is 4.42. The Balaban J connectivity index is 2.53. The number of rotatable bonds is 4. The van der Waals surface area contributed by atoms with E-state index in [9.17, 15) is 9.59 Å². The maximum Gasteiger partial charge on any atom is 0.328 e. The van der Waals surface area contributed by atoms with Crippen molar-refractivity contribution in [3.05, 3.63) is 35.4 Å². The van der Waals surface area contributed by atoms with Crippen LogP contribution in [0.4, 0.5) is 0 Å². The van der Waals surface area contributed by atoms with E-state index in [4.69, 9.17) is 9.47 Å². The van der Waals surface area contributed by atoms with E-state index in [2.05, 4.69) is 0 Å². The summed E-state index contributed by atoms with van der Waals surface area (Å²) in [5.74, 6) is -0.990. The molecule has 0 amide bonds. The SMILES string of the molecule is CCOC(=O)C1(C(=O)OCC)CCCc2ccccc21. The Morgan fingerprint density at radius 3 is 2.30 bits per heavy atom. The van der Waals surface area contributed by atoms with Crippen molar-refractivity contribution in [3.63, 3.8) is 0 Å². The maximum atomic E-state index is 12.5. The van der Waals surface area contributed by atoms with E-state index in [1.165, 1.54) is 0 Å². The first-order chi connectivity index (χ1) is 9.66. The van der Waals surface area contributed by atoms with Gasteiger partial charge in [-0.15, -0.1) is 0 Å². The van der Waals surface area contributed by atoms with Gasteiger partial charge in [-0.3, -0.25) is 9.59 Å². The number of ether oxygens (including phenoxy) is 2. The lowest BCUT2D eigenvalue weighted by molar-refractivity contribution is -0.165. The largest absolute Gasteiger partial charge is 0.465 e. The maximum absolute atomic E-state index is 12.5. The molecule has 1 aliphatic carbocycles. The van der Waals surface area contributed by atoms with Gasteiger partial charge in [-0.1, -0.05) is 24.3 Å². The summed E-state index contributed by atoms with van der Waals surface area (Å²) in [7, 11) is 0. The quantitative estimate of drug-likeness (QED) is 0.626. The summed E-state index contributed by atoms with van der Waals surface area (Å²) in [6, 6.07) is 7.56. The number of aryl methyl sites for hydroxylation is 1. The lowest BCUT2D eigenvalue weighted by Crippen LogP contribution is -2.48. The molecule has 0 N–H and O–H groups in total. The molecule has 4 heteroatoms. The molecule has 1 aliphatic rings. The van der Waals surface area contributed by atoms with Crippen molar-refractivity contribution in [2.75, 3.05) is 13.2 Å². The second-order valence-electron chi connectivity index (χ2n) is 4.86. The van der Waals surface area contributed by atoms with Crippen LogP contribution in [-0.4, -0.2) is 25.2 Å². The van der Waals surface area contributed by atoms with Crippen LogP contribution in [0.25, 0.3) is 0 Å². The number of esters is 2. The summed E-state index contributed by atoms with van der Waals surface area (Å²) < 4.78 is 10.3. The molecular formula is C16H20O4. The van der Waals surface area contributed by atoms with Crippen molar-refractivity contribution in [1.82, 2.24) is 0 Å². The molecule has 0 saturated carbocycles. The minimum absolute atomic E-state index is 0.252. The molecule has 0 fully saturated rings. The monoisotopic (exact) mass is 276 g/mol. The van der Waals surface area contributed by atoms with Crippen LogP contribution >= 0.6 is 0 Å².